The molecule has 0 heterocycles. The number of hydrogen-bond acceptors (Lipinski definition) is 4. The van der Waals surface area contributed by atoms with Gasteiger partial charge in [-0.2, -0.15) is 0 Å². The first-order valence-corrected chi connectivity index (χ1v) is 10.0. The molecule has 0 aliphatic rings. The molecule has 0 aliphatic heterocycles. The largest absolute Gasteiger partial charge is 0.495 e. The fourth-order valence-electron chi connectivity index (χ4n) is 2.96. The molecule has 29 heavy (non-hydrogen) atoms. The van der Waals surface area contributed by atoms with E-state index in [4.69, 9.17) is 16.3 Å². The molecule has 2 N–H and O–H groups in total. The SMILES string of the molecule is CCCN(CC(=O)Nc1ccccc1OC)C(=O)CN[C@H](C)c1ccccc1Cl. The molecule has 156 valence electrons. The lowest BCUT2D eigenvalue weighted by Crippen LogP contribution is -2.43. The second-order valence-electron chi connectivity index (χ2n) is 6.69. The van der Waals surface area contributed by atoms with Gasteiger partial charge in [-0.15, -0.1) is 0 Å². The van der Waals surface area contributed by atoms with Crippen LogP contribution in [0.2, 0.25) is 5.02 Å². The number of methoxy groups -OCH3 is 1. The molecule has 2 amide bonds. The van der Waals surface area contributed by atoms with Crippen molar-refractivity contribution < 1.29 is 14.3 Å². The van der Waals surface area contributed by atoms with Gasteiger partial charge in [-0.1, -0.05) is 48.9 Å². The number of ether oxygens (including phenoxy) is 1. The van der Waals surface area contributed by atoms with Gasteiger partial charge >= 0.3 is 0 Å². The third kappa shape index (κ3) is 6.76. The van der Waals surface area contributed by atoms with Gasteiger partial charge in [-0.25, -0.2) is 0 Å². The van der Waals surface area contributed by atoms with Gasteiger partial charge in [0, 0.05) is 17.6 Å². The smallest absolute Gasteiger partial charge is 0.244 e. The van der Waals surface area contributed by atoms with E-state index in [1.54, 1.807) is 24.1 Å². The Labute approximate surface area is 177 Å². The number of halogens is 1. The van der Waals surface area contributed by atoms with Crippen molar-refractivity contribution in [2.24, 2.45) is 0 Å². The molecule has 0 radical (unpaired) electrons. The zero-order valence-electron chi connectivity index (χ0n) is 17.1. The first-order valence-electron chi connectivity index (χ1n) is 9.64. The Morgan fingerprint density at radius 1 is 1.14 bits per heavy atom. The van der Waals surface area contributed by atoms with Gasteiger partial charge in [0.25, 0.3) is 0 Å². The quantitative estimate of drug-likeness (QED) is 0.615. The minimum absolute atomic E-state index is 0.0210. The summed E-state index contributed by atoms with van der Waals surface area (Å²) in [6.45, 7) is 4.52. The molecule has 0 aromatic heterocycles. The zero-order valence-corrected chi connectivity index (χ0v) is 17.8. The monoisotopic (exact) mass is 417 g/mol. The van der Waals surface area contributed by atoms with E-state index in [0.29, 0.717) is 23.0 Å². The van der Waals surface area contributed by atoms with Crippen LogP contribution in [-0.4, -0.2) is 43.5 Å². The normalized spacial score (nSPS) is 11.6. The third-order valence-electron chi connectivity index (χ3n) is 4.49. The van der Waals surface area contributed by atoms with E-state index >= 15 is 0 Å². The molecular weight excluding hydrogens is 390 g/mol. The van der Waals surface area contributed by atoms with Crippen LogP contribution in [0.25, 0.3) is 0 Å². The van der Waals surface area contributed by atoms with Gasteiger partial charge in [0.05, 0.1) is 25.9 Å². The van der Waals surface area contributed by atoms with Crippen LogP contribution in [0.3, 0.4) is 0 Å². The maximum absolute atomic E-state index is 12.7. The number of rotatable bonds is 10. The Morgan fingerprint density at radius 2 is 1.83 bits per heavy atom. The molecule has 0 aliphatic carbocycles. The van der Waals surface area contributed by atoms with Crippen molar-refractivity contribution in [3.8, 4) is 5.75 Å². The molecular formula is C22H28ClN3O3. The lowest BCUT2D eigenvalue weighted by molar-refractivity contribution is -0.134. The van der Waals surface area contributed by atoms with Gasteiger partial charge in [0.1, 0.15) is 5.75 Å². The summed E-state index contributed by atoms with van der Waals surface area (Å²) < 4.78 is 5.25. The van der Waals surface area contributed by atoms with E-state index in [9.17, 15) is 9.59 Å². The Hall–Kier alpha value is -2.57. The van der Waals surface area contributed by atoms with Gasteiger partial charge in [-0.05, 0) is 37.1 Å². The van der Waals surface area contributed by atoms with E-state index in [1.807, 2.05) is 50.2 Å². The van der Waals surface area contributed by atoms with Crippen LogP contribution in [-0.2, 0) is 9.59 Å². The highest BCUT2D eigenvalue weighted by Crippen LogP contribution is 2.23. The summed E-state index contributed by atoms with van der Waals surface area (Å²) in [4.78, 5) is 26.7. The minimum atomic E-state index is -0.268. The number of hydrogen-bond donors (Lipinski definition) is 2. The topological polar surface area (TPSA) is 70.7 Å². The van der Waals surface area contributed by atoms with Crippen LogP contribution in [0.5, 0.6) is 5.75 Å². The number of benzene rings is 2. The highest BCUT2D eigenvalue weighted by molar-refractivity contribution is 6.31. The van der Waals surface area contributed by atoms with Crippen LogP contribution >= 0.6 is 11.6 Å². The van der Waals surface area contributed by atoms with Crippen molar-refractivity contribution in [3.63, 3.8) is 0 Å². The summed E-state index contributed by atoms with van der Waals surface area (Å²) in [5, 5.41) is 6.65. The van der Waals surface area contributed by atoms with Gasteiger partial charge in [0.2, 0.25) is 11.8 Å². The molecule has 6 nitrogen and oxygen atoms in total. The minimum Gasteiger partial charge on any atom is -0.495 e. The number of nitrogens with zero attached hydrogens (tertiary/aromatic N) is 1. The lowest BCUT2D eigenvalue weighted by atomic mass is 10.1. The number of carbonyl (C=O) groups excluding carboxylic acids is 2. The van der Waals surface area contributed by atoms with Crippen molar-refractivity contribution in [1.82, 2.24) is 10.2 Å². The van der Waals surface area contributed by atoms with Crippen LogP contribution < -0.4 is 15.4 Å². The molecule has 0 fully saturated rings. The Morgan fingerprint density at radius 3 is 2.52 bits per heavy atom. The molecule has 2 aromatic rings. The van der Waals surface area contributed by atoms with Crippen molar-refractivity contribution in [3.05, 3.63) is 59.1 Å². The first kappa shape index (κ1) is 22.7. The molecule has 0 unspecified atom stereocenters. The Balaban J connectivity index is 1.94. The molecule has 0 spiro atoms. The Kier molecular flexibility index (Phi) is 8.96. The predicted octanol–water partition coefficient (Wildman–Crippen LogP) is 3.88. The summed E-state index contributed by atoms with van der Waals surface area (Å²) in [6, 6.07) is 14.6. The second-order valence-corrected chi connectivity index (χ2v) is 7.10. The number of anilines is 1. The predicted molar refractivity (Wildman–Crippen MR) is 116 cm³/mol. The summed E-state index contributed by atoms with van der Waals surface area (Å²) in [5.41, 5.74) is 1.51. The average molecular weight is 418 g/mol. The van der Waals surface area contributed by atoms with Gasteiger partial charge in [0.15, 0.2) is 0 Å². The van der Waals surface area contributed by atoms with E-state index in [-0.39, 0.29) is 30.9 Å². The lowest BCUT2D eigenvalue weighted by Gasteiger charge is -2.23. The molecule has 7 heteroatoms. The van der Waals surface area contributed by atoms with Crippen LogP contribution in [0.1, 0.15) is 31.9 Å². The number of amides is 2. The van der Waals surface area contributed by atoms with Gasteiger partial charge < -0.3 is 20.3 Å². The van der Waals surface area contributed by atoms with Crippen molar-refractivity contribution in [2.75, 3.05) is 32.1 Å². The summed E-state index contributed by atoms with van der Waals surface area (Å²) >= 11 is 6.22. The van der Waals surface area contributed by atoms with E-state index in [1.165, 1.54) is 0 Å². The average Bonchev–Trinajstić information content (AvgIpc) is 2.72. The Bertz CT molecular complexity index is 828. The number of carbonyl (C=O) groups is 2. The maximum atomic E-state index is 12.7. The number of nitrogens with one attached hydrogen (secondary N) is 2. The van der Waals surface area contributed by atoms with Crippen LogP contribution in [0.4, 0.5) is 5.69 Å². The summed E-state index contributed by atoms with van der Waals surface area (Å²) in [6.07, 6.45) is 0.758. The molecule has 2 aromatic carbocycles. The van der Waals surface area contributed by atoms with Crippen LogP contribution in [0.15, 0.2) is 48.5 Å². The first-order chi connectivity index (χ1) is 14.0. The number of para-hydroxylation sites is 2. The van der Waals surface area contributed by atoms with E-state index < -0.39 is 0 Å². The fraction of sp³-hybridized carbons (Fsp3) is 0.364. The zero-order chi connectivity index (χ0) is 21.2. The van der Waals surface area contributed by atoms with Crippen molar-refractivity contribution in [2.45, 2.75) is 26.3 Å². The third-order valence-corrected chi connectivity index (χ3v) is 4.84. The van der Waals surface area contributed by atoms with Gasteiger partial charge in [-0.3, -0.25) is 9.59 Å². The second kappa shape index (κ2) is 11.4. The van der Waals surface area contributed by atoms with E-state index in [0.717, 1.165) is 12.0 Å². The maximum Gasteiger partial charge on any atom is 0.244 e. The molecule has 0 bridgehead atoms. The van der Waals surface area contributed by atoms with Crippen molar-refractivity contribution in [1.29, 1.82) is 0 Å². The molecule has 0 saturated heterocycles. The molecule has 0 saturated carbocycles. The van der Waals surface area contributed by atoms with E-state index in [2.05, 4.69) is 10.6 Å². The fourth-order valence-corrected chi connectivity index (χ4v) is 3.26. The highest BCUT2D eigenvalue weighted by atomic mass is 35.5. The summed E-state index contributed by atoms with van der Waals surface area (Å²) in [7, 11) is 1.55. The standard InChI is InChI=1S/C22H28ClN3O3/c1-4-13-26(15-21(27)25-19-11-7-8-12-20(19)29-3)22(28)14-24-16(2)17-9-5-6-10-18(17)23/h5-12,16,24H,4,13-15H2,1-3H3,(H,25,27)/t16-/m1/s1. The molecule has 2 rings (SSSR count). The highest BCUT2D eigenvalue weighted by Gasteiger charge is 2.18. The van der Waals surface area contributed by atoms with Crippen LogP contribution in [0, 0.1) is 0 Å². The van der Waals surface area contributed by atoms with Crippen molar-refractivity contribution >= 4 is 29.1 Å². The summed E-state index contributed by atoms with van der Waals surface area (Å²) in [5.74, 6) is 0.167. The molecule has 1 atom stereocenters.